The van der Waals surface area contributed by atoms with Crippen molar-refractivity contribution in [3.63, 3.8) is 0 Å². The van der Waals surface area contributed by atoms with Gasteiger partial charge in [0.25, 0.3) is 10.7 Å². The van der Waals surface area contributed by atoms with Crippen molar-refractivity contribution in [3.05, 3.63) is 63.5 Å². The quantitative estimate of drug-likeness (QED) is 0.649. The molecule has 0 aliphatic carbocycles. The summed E-state index contributed by atoms with van der Waals surface area (Å²) in [6.45, 7) is 5.81. The predicted molar refractivity (Wildman–Crippen MR) is 97.7 cm³/mol. The molecule has 25 heavy (non-hydrogen) atoms. The van der Waals surface area contributed by atoms with E-state index in [1.165, 1.54) is 0 Å². The number of rotatable bonds is 3. The molecule has 0 spiro atoms. The van der Waals surface area contributed by atoms with E-state index in [0.717, 1.165) is 26.9 Å². The molecule has 0 amide bonds. The molecule has 0 radical (unpaired) electrons. The first-order chi connectivity index (χ1) is 11.9. The van der Waals surface area contributed by atoms with Gasteiger partial charge in [-0.3, -0.25) is 4.79 Å². The highest BCUT2D eigenvalue weighted by Gasteiger charge is 2.19. The number of methoxy groups -OCH3 is 1. The number of hydrogen-bond acceptors (Lipinski definition) is 5. The monoisotopic (exact) mass is 354 g/mol. The van der Waals surface area contributed by atoms with E-state index < -0.39 is 0 Å². The molecule has 0 aliphatic rings. The van der Waals surface area contributed by atoms with Crippen molar-refractivity contribution in [2.24, 2.45) is 0 Å². The molecule has 0 bridgehead atoms. The molecule has 0 saturated carbocycles. The third-order valence-electron chi connectivity index (χ3n) is 3.94. The summed E-state index contributed by atoms with van der Waals surface area (Å²) in [4.78, 5) is 12.9. The van der Waals surface area contributed by atoms with Crippen LogP contribution in [0.4, 0.5) is 0 Å². The van der Waals surface area contributed by atoms with E-state index in [1.54, 1.807) is 25.3 Å². The predicted octanol–water partition coefficient (Wildman–Crippen LogP) is 4.49. The van der Waals surface area contributed by atoms with Crippen LogP contribution >= 0.6 is 12.2 Å². The number of hydrogen-bond donors (Lipinski definition) is 0. The Balaban J connectivity index is 2.06. The zero-order chi connectivity index (χ0) is 18.1. The van der Waals surface area contributed by atoms with Gasteiger partial charge in [-0.2, -0.15) is 0 Å². The summed E-state index contributed by atoms with van der Waals surface area (Å²) < 4.78 is 12.0. The van der Waals surface area contributed by atoms with E-state index in [2.05, 4.69) is 11.2 Å². The highest BCUT2D eigenvalue weighted by atomic mass is 32.1. The Bertz CT molecular complexity index is 997. The SMILES string of the molecule is COc1cccc(C(=O)n2nc(-c3cc(C)cc(C)c3)oc2=S)c1C. The van der Waals surface area contributed by atoms with E-state index in [1.807, 2.05) is 32.9 Å². The fourth-order valence-corrected chi connectivity index (χ4v) is 3.01. The lowest BCUT2D eigenvalue weighted by molar-refractivity contribution is 0.0939. The van der Waals surface area contributed by atoms with Crippen LogP contribution in [-0.2, 0) is 0 Å². The Labute approximate surface area is 150 Å². The van der Waals surface area contributed by atoms with Gasteiger partial charge in [0, 0.05) is 16.7 Å². The van der Waals surface area contributed by atoms with Gasteiger partial charge >= 0.3 is 0 Å². The second-order valence-electron chi connectivity index (χ2n) is 5.90. The van der Waals surface area contributed by atoms with Crippen molar-refractivity contribution in [3.8, 4) is 17.2 Å². The average Bonchev–Trinajstić information content (AvgIpc) is 2.95. The van der Waals surface area contributed by atoms with Crippen LogP contribution in [0.2, 0.25) is 0 Å². The molecular formula is C19H18N2O3S. The molecule has 0 aliphatic heterocycles. The Hall–Kier alpha value is -2.73. The zero-order valence-electron chi connectivity index (χ0n) is 14.5. The molecule has 1 aromatic heterocycles. The van der Waals surface area contributed by atoms with Crippen molar-refractivity contribution < 1.29 is 13.9 Å². The third kappa shape index (κ3) is 3.25. The Morgan fingerprint density at radius 2 is 1.84 bits per heavy atom. The Morgan fingerprint density at radius 3 is 2.48 bits per heavy atom. The zero-order valence-corrected chi connectivity index (χ0v) is 15.3. The molecule has 3 rings (SSSR count). The van der Waals surface area contributed by atoms with Gasteiger partial charge in [-0.05, 0) is 57.3 Å². The molecule has 0 atom stereocenters. The second kappa shape index (κ2) is 6.64. The Kier molecular flexibility index (Phi) is 4.55. The lowest BCUT2D eigenvalue weighted by Gasteiger charge is -2.08. The van der Waals surface area contributed by atoms with Gasteiger partial charge in [0.1, 0.15) is 5.75 Å². The summed E-state index contributed by atoms with van der Waals surface area (Å²) in [6.07, 6.45) is 0. The number of carbonyl (C=O) groups excluding carboxylic acids is 1. The smallest absolute Gasteiger partial charge is 0.295 e. The van der Waals surface area contributed by atoms with Crippen LogP contribution in [0.3, 0.4) is 0 Å². The van der Waals surface area contributed by atoms with Crippen LogP contribution < -0.4 is 4.74 Å². The summed E-state index contributed by atoms with van der Waals surface area (Å²) in [5.41, 5.74) is 4.15. The van der Waals surface area contributed by atoms with E-state index >= 15 is 0 Å². The molecule has 0 unspecified atom stereocenters. The standard InChI is InChI=1S/C19H18N2O3S/c1-11-8-12(2)10-14(9-11)17-20-21(19(25)24-17)18(22)15-6-5-7-16(23-4)13(15)3/h5-10H,1-4H3. The van der Waals surface area contributed by atoms with Gasteiger partial charge in [-0.1, -0.05) is 23.3 Å². The summed E-state index contributed by atoms with van der Waals surface area (Å²) in [5.74, 6) is 0.613. The van der Waals surface area contributed by atoms with Gasteiger partial charge in [0.05, 0.1) is 7.11 Å². The fraction of sp³-hybridized carbons (Fsp3) is 0.211. The first kappa shape index (κ1) is 17.1. The van der Waals surface area contributed by atoms with Gasteiger partial charge in [-0.25, -0.2) is 0 Å². The number of aromatic nitrogens is 2. The Morgan fingerprint density at radius 1 is 1.16 bits per heavy atom. The maximum Gasteiger partial charge on any atom is 0.295 e. The molecule has 1 heterocycles. The van der Waals surface area contributed by atoms with Crippen molar-refractivity contribution in [1.29, 1.82) is 0 Å². The topological polar surface area (TPSA) is 57.3 Å². The molecular weight excluding hydrogens is 336 g/mol. The van der Waals surface area contributed by atoms with Gasteiger partial charge < -0.3 is 9.15 Å². The largest absolute Gasteiger partial charge is 0.496 e. The van der Waals surface area contributed by atoms with Crippen LogP contribution in [0.15, 0.2) is 40.8 Å². The molecule has 0 N–H and O–H groups in total. The molecule has 3 aromatic rings. The first-order valence-corrected chi connectivity index (χ1v) is 8.18. The van der Waals surface area contributed by atoms with Crippen LogP contribution in [-0.4, -0.2) is 22.8 Å². The minimum Gasteiger partial charge on any atom is -0.496 e. The highest BCUT2D eigenvalue weighted by Crippen LogP contribution is 2.24. The second-order valence-corrected chi connectivity index (χ2v) is 6.25. The fourth-order valence-electron chi connectivity index (χ4n) is 2.80. The molecule has 2 aromatic carbocycles. The minimum absolute atomic E-state index is 0.0152. The lowest BCUT2D eigenvalue weighted by Crippen LogP contribution is -2.15. The molecule has 5 nitrogen and oxygen atoms in total. The lowest BCUT2D eigenvalue weighted by atomic mass is 10.1. The normalized spacial score (nSPS) is 10.7. The van der Waals surface area contributed by atoms with Crippen molar-refractivity contribution in [1.82, 2.24) is 9.78 Å². The van der Waals surface area contributed by atoms with Crippen LogP contribution in [0.25, 0.3) is 11.5 Å². The molecule has 0 saturated heterocycles. The third-order valence-corrected chi connectivity index (χ3v) is 4.20. The molecule has 6 heteroatoms. The van der Waals surface area contributed by atoms with Crippen molar-refractivity contribution in [2.45, 2.75) is 20.8 Å². The van der Waals surface area contributed by atoms with Crippen molar-refractivity contribution >= 4 is 18.1 Å². The number of nitrogens with zero attached hydrogens (tertiary/aromatic N) is 2. The highest BCUT2D eigenvalue weighted by molar-refractivity contribution is 7.71. The number of ether oxygens (including phenoxy) is 1. The van der Waals surface area contributed by atoms with Gasteiger partial charge in [-0.15, -0.1) is 9.78 Å². The number of aryl methyl sites for hydroxylation is 2. The molecule has 128 valence electrons. The summed E-state index contributed by atoms with van der Waals surface area (Å²) >= 11 is 5.20. The van der Waals surface area contributed by atoms with Crippen LogP contribution in [0.5, 0.6) is 5.75 Å². The first-order valence-electron chi connectivity index (χ1n) is 7.78. The molecule has 0 fully saturated rings. The van der Waals surface area contributed by atoms with E-state index in [0.29, 0.717) is 17.2 Å². The minimum atomic E-state index is -0.347. The summed E-state index contributed by atoms with van der Waals surface area (Å²) in [6, 6.07) is 11.2. The van der Waals surface area contributed by atoms with Gasteiger partial charge in [0.2, 0.25) is 5.89 Å². The van der Waals surface area contributed by atoms with E-state index in [-0.39, 0.29) is 10.7 Å². The summed E-state index contributed by atoms with van der Waals surface area (Å²) in [5, 5.41) is 4.29. The number of carbonyl (C=O) groups is 1. The van der Waals surface area contributed by atoms with E-state index in [4.69, 9.17) is 21.4 Å². The van der Waals surface area contributed by atoms with E-state index in [9.17, 15) is 4.79 Å². The maximum absolute atomic E-state index is 12.9. The van der Waals surface area contributed by atoms with Gasteiger partial charge in [0.15, 0.2) is 0 Å². The average molecular weight is 354 g/mol. The van der Waals surface area contributed by atoms with Crippen LogP contribution in [0.1, 0.15) is 27.0 Å². The summed E-state index contributed by atoms with van der Waals surface area (Å²) in [7, 11) is 1.57. The number of benzene rings is 2. The van der Waals surface area contributed by atoms with Crippen molar-refractivity contribution in [2.75, 3.05) is 7.11 Å². The maximum atomic E-state index is 12.9. The van der Waals surface area contributed by atoms with Crippen LogP contribution in [0, 0.1) is 25.6 Å².